The summed E-state index contributed by atoms with van der Waals surface area (Å²) in [6, 6.07) is 15.1. The molecule has 0 aliphatic carbocycles. The van der Waals surface area contributed by atoms with Gasteiger partial charge in [0.05, 0.1) is 11.9 Å². The number of nitrogens with zero attached hydrogens (tertiary/aromatic N) is 3. The predicted molar refractivity (Wildman–Crippen MR) is 98.3 cm³/mol. The van der Waals surface area contributed by atoms with E-state index in [2.05, 4.69) is 15.1 Å². The Labute approximate surface area is 150 Å². The third-order valence-electron chi connectivity index (χ3n) is 3.63. The van der Waals surface area contributed by atoms with Crippen LogP contribution in [0.15, 0.2) is 73.3 Å². The lowest BCUT2D eigenvalue weighted by Gasteiger charge is -2.06. The second-order valence-corrected chi connectivity index (χ2v) is 5.88. The van der Waals surface area contributed by atoms with E-state index >= 15 is 0 Å². The normalized spacial score (nSPS) is 10.6. The van der Waals surface area contributed by atoms with Gasteiger partial charge in [-0.25, -0.2) is 22.9 Å². The number of hydrogen-bond acceptors (Lipinski definition) is 4. The summed E-state index contributed by atoms with van der Waals surface area (Å²) in [4.78, 5) is 8.29. The zero-order valence-corrected chi connectivity index (χ0v) is 14.4. The molecular formula is C18H15FN4O2S. The lowest BCUT2D eigenvalue weighted by molar-refractivity contribution is 0.616. The van der Waals surface area contributed by atoms with Crippen molar-refractivity contribution in [1.82, 2.24) is 14.4 Å². The van der Waals surface area contributed by atoms with Gasteiger partial charge in [0.25, 0.3) is 0 Å². The molecule has 0 radical (unpaired) electrons. The molecule has 4 rings (SSSR count). The maximum Gasteiger partial charge on any atom is 0.198 e. The summed E-state index contributed by atoms with van der Waals surface area (Å²) in [6.45, 7) is 0. The number of rotatable bonds is 2. The van der Waals surface area contributed by atoms with Crippen molar-refractivity contribution < 1.29 is 12.8 Å². The first kappa shape index (κ1) is 17.7. The van der Waals surface area contributed by atoms with Gasteiger partial charge in [-0.15, -0.1) is 0 Å². The molecule has 0 aliphatic heterocycles. The molecule has 132 valence electrons. The molecule has 0 aliphatic rings. The van der Waals surface area contributed by atoms with E-state index < -0.39 is 10.9 Å². The first-order valence-electron chi connectivity index (χ1n) is 7.58. The van der Waals surface area contributed by atoms with E-state index in [1.54, 1.807) is 23.0 Å². The Balaban J connectivity index is 0.000000447. The van der Waals surface area contributed by atoms with Crippen molar-refractivity contribution in [2.24, 2.45) is 5.14 Å². The Morgan fingerprint density at radius 3 is 2.31 bits per heavy atom. The first-order valence-corrected chi connectivity index (χ1v) is 8.82. The molecule has 4 aromatic rings. The standard InChI is InChI=1S/C18H12FN3.H3NO2S/c19-16-9-15(14-7-4-8-20-10-14)12-22-17(11-21-18(16)22)13-5-2-1-3-6-13;1-4(2)3/h1-12H;4H,(H2,1,2,3). The average Bonchev–Trinajstić information content (AvgIpc) is 3.07. The number of nitrogens with two attached hydrogens (primary N) is 1. The fourth-order valence-electron chi connectivity index (χ4n) is 2.56. The maximum atomic E-state index is 14.4. The predicted octanol–water partition coefficient (Wildman–Crippen LogP) is 2.67. The van der Waals surface area contributed by atoms with Gasteiger partial charge in [0, 0.05) is 35.3 Å². The number of imidazole rings is 1. The quantitative estimate of drug-likeness (QED) is 0.531. The molecule has 0 amide bonds. The number of thiol groups is 1. The van der Waals surface area contributed by atoms with Gasteiger partial charge in [-0.05, 0) is 12.1 Å². The van der Waals surface area contributed by atoms with Crippen LogP contribution in [0, 0.1) is 5.82 Å². The molecule has 0 fully saturated rings. The molecule has 0 spiro atoms. The van der Waals surface area contributed by atoms with Crippen LogP contribution in [-0.2, 0) is 10.9 Å². The first-order chi connectivity index (χ1) is 12.6. The molecular weight excluding hydrogens is 355 g/mol. The number of hydrogen-bond donors (Lipinski definition) is 2. The number of aromatic nitrogens is 3. The molecule has 3 aromatic heterocycles. The molecule has 0 atom stereocenters. The number of fused-ring (bicyclic) bond motifs is 1. The number of benzene rings is 1. The Kier molecular flexibility index (Phi) is 5.35. The van der Waals surface area contributed by atoms with Crippen LogP contribution in [0.5, 0.6) is 0 Å². The third-order valence-corrected chi connectivity index (χ3v) is 3.63. The largest absolute Gasteiger partial charge is 0.297 e. The van der Waals surface area contributed by atoms with Crippen molar-refractivity contribution in [3.8, 4) is 22.4 Å². The molecule has 2 N–H and O–H groups in total. The average molecular weight is 370 g/mol. The molecule has 0 saturated carbocycles. The second-order valence-electron chi connectivity index (χ2n) is 5.31. The SMILES string of the molecule is Fc1cc(-c2cccnc2)cn2c(-c3ccccc3)cnc12.N[SH](=O)=O. The minimum absolute atomic E-state index is 0.325. The summed E-state index contributed by atoms with van der Waals surface area (Å²) in [5, 5.41) is 4.06. The Morgan fingerprint density at radius 2 is 1.65 bits per heavy atom. The number of halogens is 1. The third kappa shape index (κ3) is 3.93. The van der Waals surface area contributed by atoms with Crippen LogP contribution >= 0.6 is 0 Å². The van der Waals surface area contributed by atoms with E-state index in [0.717, 1.165) is 22.4 Å². The highest BCUT2D eigenvalue weighted by Crippen LogP contribution is 2.26. The monoisotopic (exact) mass is 370 g/mol. The van der Waals surface area contributed by atoms with Crippen molar-refractivity contribution >= 4 is 16.5 Å². The van der Waals surface area contributed by atoms with Crippen LogP contribution in [0.2, 0.25) is 0 Å². The van der Waals surface area contributed by atoms with Crippen LogP contribution in [0.4, 0.5) is 4.39 Å². The highest BCUT2D eigenvalue weighted by molar-refractivity contribution is 7.69. The summed E-state index contributed by atoms with van der Waals surface area (Å²) < 4.78 is 33.8. The summed E-state index contributed by atoms with van der Waals surface area (Å²) in [7, 11) is -2.62. The van der Waals surface area contributed by atoms with Crippen molar-refractivity contribution in [2.75, 3.05) is 0 Å². The molecule has 0 saturated heterocycles. The van der Waals surface area contributed by atoms with Crippen LogP contribution in [-0.4, -0.2) is 22.8 Å². The molecule has 0 bridgehead atoms. The van der Waals surface area contributed by atoms with Crippen LogP contribution < -0.4 is 5.14 Å². The smallest absolute Gasteiger partial charge is 0.198 e. The van der Waals surface area contributed by atoms with Gasteiger partial charge in [0.15, 0.2) is 22.4 Å². The Morgan fingerprint density at radius 1 is 0.962 bits per heavy atom. The Hall–Kier alpha value is -3.10. The van der Waals surface area contributed by atoms with Gasteiger partial charge in [-0.2, -0.15) is 0 Å². The highest BCUT2D eigenvalue weighted by Gasteiger charge is 2.12. The van der Waals surface area contributed by atoms with E-state index in [9.17, 15) is 4.39 Å². The molecule has 8 heteroatoms. The van der Waals surface area contributed by atoms with E-state index in [-0.39, 0.29) is 5.82 Å². The van der Waals surface area contributed by atoms with Crippen LogP contribution in [0.3, 0.4) is 0 Å². The summed E-state index contributed by atoms with van der Waals surface area (Å²) >= 11 is 0. The van der Waals surface area contributed by atoms with Crippen molar-refractivity contribution in [1.29, 1.82) is 0 Å². The lowest BCUT2D eigenvalue weighted by atomic mass is 10.1. The van der Waals surface area contributed by atoms with Gasteiger partial charge in [-0.3, -0.25) is 9.38 Å². The van der Waals surface area contributed by atoms with Gasteiger partial charge < -0.3 is 0 Å². The van der Waals surface area contributed by atoms with E-state index in [0.29, 0.717) is 5.65 Å². The van der Waals surface area contributed by atoms with Gasteiger partial charge in [0.2, 0.25) is 0 Å². The second kappa shape index (κ2) is 7.85. The van der Waals surface area contributed by atoms with Crippen LogP contribution in [0.1, 0.15) is 0 Å². The van der Waals surface area contributed by atoms with Gasteiger partial charge in [-0.1, -0.05) is 36.4 Å². The fourth-order valence-corrected chi connectivity index (χ4v) is 2.56. The molecule has 3 heterocycles. The topological polar surface area (TPSA) is 90.3 Å². The lowest BCUT2D eigenvalue weighted by Crippen LogP contribution is -1.94. The minimum Gasteiger partial charge on any atom is -0.297 e. The summed E-state index contributed by atoms with van der Waals surface area (Å²) in [5.41, 5.74) is 3.83. The molecule has 6 nitrogen and oxygen atoms in total. The van der Waals surface area contributed by atoms with E-state index in [4.69, 9.17) is 8.42 Å². The zero-order valence-electron chi connectivity index (χ0n) is 13.5. The molecule has 1 aromatic carbocycles. The highest BCUT2D eigenvalue weighted by atomic mass is 32.2. The summed E-state index contributed by atoms with van der Waals surface area (Å²) in [6.07, 6.45) is 7.01. The zero-order chi connectivity index (χ0) is 18.5. The fraction of sp³-hybridized carbons (Fsp3) is 0. The molecule has 0 unspecified atom stereocenters. The van der Waals surface area contributed by atoms with Crippen molar-refractivity contribution in [2.45, 2.75) is 0 Å². The van der Waals surface area contributed by atoms with Crippen LogP contribution in [0.25, 0.3) is 28.0 Å². The van der Waals surface area contributed by atoms with Gasteiger partial charge >= 0.3 is 0 Å². The van der Waals surface area contributed by atoms with E-state index in [1.165, 1.54) is 6.07 Å². The summed E-state index contributed by atoms with van der Waals surface area (Å²) in [5.74, 6) is -0.344. The molecule has 26 heavy (non-hydrogen) atoms. The Bertz CT molecular complexity index is 1090. The number of pyridine rings is 2. The van der Waals surface area contributed by atoms with Crippen molar-refractivity contribution in [3.63, 3.8) is 0 Å². The van der Waals surface area contributed by atoms with E-state index in [1.807, 2.05) is 48.7 Å². The maximum absolute atomic E-state index is 14.4. The van der Waals surface area contributed by atoms with Crippen molar-refractivity contribution in [3.05, 3.63) is 79.1 Å². The minimum atomic E-state index is -2.62. The van der Waals surface area contributed by atoms with Gasteiger partial charge in [0.1, 0.15) is 0 Å².